The van der Waals surface area contributed by atoms with E-state index in [1.807, 2.05) is 6.92 Å². The van der Waals surface area contributed by atoms with Crippen LogP contribution in [0.5, 0.6) is 5.75 Å². The highest BCUT2D eigenvalue weighted by Crippen LogP contribution is 2.43. The summed E-state index contributed by atoms with van der Waals surface area (Å²) in [5, 5.41) is 28.0. The van der Waals surface area contributed by atoms with Crippen LogP contribution in [0.15, 0.2) is 21.3 Å². The number of aromatic carboxylic acids is 1. The van der Waals surface area contributed by atoms with Gasteiger partial charge in [0.2, 0.25) is 11.9 Å². The maximum absolute atomic E-state index is 12.3. The van der Waals surface area contributed by atoms with Crippen molar-refractivity contribution in [2.45, 2.75) is 32.0 Å². The lowest BCUT2D eigenvalue weighted by atomic mass is 9.98. The Labute approximate surface area is 150 Å². The third-order valence-corrected chi connectivity index (χ3v) is 4.08. The van der Waals surface area contributed by atoms with Crippen LogP contribution < -0.4 is 10.2 Å². The maximum atomic E-state index is 12.3. The summed E-state index contributed by atoms with van der Waals surface area (Å²) in [4.78, 5) is 45.9. The van der Waals surface area contributed by atoms with Crippen LogP contribution in [0.2, 0.25) is 0 Å². The van der Waals surface area contributed by atoms with Crippen molar-refractivity contribution in [1.82, 2.24) is 0 Å². The molecule has 0 fully saturated rings. The molecule has 1 aliphatic heterocycles. The van der Waals surface area contributed by atoms with Crippen LogP contribution in [-0.4, -0.2) is 39.5 Å². The van der Waals surface area contributed by atoms with Gasteiger partial charge in [-0.15, -0.1) is 0 Å². The smallest absolute Gasteiger partial charge is 0.475 e. The van der Waals surface area contributed by atoms with Crippen LogP contribution in [0.3, 0.4) is 0 Å². The molecule has 2 unspecified atom stereocenters. The molecule has 3 N–H and O–H groups in total. The Morgan fingerprint density at radius 2 is 1.93 bits per heavy atom. The monoisotopic (exact) mass is 378 g/mol. The van der Waals surface area contributed by atoms with E-state index in [0.29, 0.717) is 18.4 Å². The predicted octanol–water partition coefficient (Wildman–Crippen LogP) is 1.46. The van der Waals surface area contributed by atoms with Gasteiger partial charge in [-0.3, -0.25) is 4.79 Å². The minimum absolute atomic E-state index is 0.0112. The topological polar surface area (TPSA) is 161 Å². The molecule has 2 atom stereocenters. The fourth-order valence-electron chi connectivity index (χ4n) is 2.98. The number of carbonyl (C=O) groups excluding carboxylic acids is 1. The zero-order valence-corrected chi connectivity index (χ0v) is 13.9. The van der Waals surface area contributed by atoms with Gasteiger partial charge in [-0.1, -0.05) is 13.3 Å². The predicted molar refractivity (Wildman–Crippen MR) is 86.9 cm³/mol. The average molecular weight is 378 g/mol. The van der Waals surface area contributed by atoms with Crippen molar-refractivity contribution in [2.75, 3.05) is 0 Å². The van der Waals surface area contributed by atoms with Gasteiger partial charge in [0.25, 0.3) is 0 Å². The Morgan fingerprint density at radius 1 is 1.22 bits per heavy atom. The van der Waals surface area contributed by atoms with Gasteiger partial charge in [-0.25, -0.2) is 14.4 Å². The number of rotatable bonds is 4. The summed E-state index contributed by atoms with van der Waals surface area (Å²) in [6.07, 6.45) is -4.22. The minimum atomic E-state index is -1.85. The van der Waals surface area contributed by atoms with Gasteiger partial charge in [0.05, 0.1) is 5.39 Å². The second-order valence-electron chi connectivity index (χ2n) is 5.85. The summed E-state index contributed by atoms with van der Waals surface area (Å²) in [5.74, 6) is -3.27. The van der Waals surface area contributed by atoms with Gasteiger partial charge in [0.1, 0.15) is 17.4 Å². The van der Waals surface area contributed by atoms with Crippen molar-refractivity contribution >= 4 is 29.1 Å². The molecular weight excluding hydrogens is 364 g/mol. The van der Waals surface area contributed by atoms with E-state index >= 15 is 0 Å². The molecule has 1 aliphatic rings. The molecule has 10 heteroatoms. The molecule has 0 amide bonds. The molecule has 0 bridgehead atoms. The lowest BCUT2D eigenvalue weighted by Gasteiger charge is -2.12. The Hall–Kier alpha value is -3.40. The van der Waals surface area contributed by atoms with Crippen LogP contribution in [-0.2, 0) is 16.0 Å². The molecule has 3 rings (SSSR count). The van der Waals surface area contributed by atoms with E-state index < -0.39 is 41.5 Å². The second kappa shape index (κ2) is 6.72. The van der Waals surface area contributed by atoms with Crippen LogP contribution in [0, 0.1) is 0 Å². The van der Waals surface area contributed by atoms with E-state index in [-0.39, 0.29) is 22.3 Å². The number of carbonyl (C=O) groups is 3. The highest BCUT2D eigenvalue weighted by atomic mass is 16.7. The number of benzene rings is 1. The third-order valence-electron chi connectivity index (χ3n) is 4.08. The van der Waals surface area contributed by atoms with E-state index in [1.165, 1.54) is 6.07 Å². The first-order valence-corrected chi connectivity index (χ1v) is 7.90. The number of ether oxygens (including phenoxy) is 2. The Balaban J connectivity index is 2.21. The SMILES string of the molecule is CCCc1c2c(cc3c(=O)cc(C(=O)O)oc13)C(O)C(C(=O)OC(=O)O)O2. The summed E-state index contributed by atoms with van der Waals surface area (Å²) in [6.45, 7) is 1.81. The molecule has 1 aromatic heterocycles. The number of fused-ring (bicyclic) bond motifs is 2. The van der Waals surface area contributed by atoms with Gasteiger partial charge in [-0.05, 0) is 12.5 Å². The standard InChI is InChI=1S/C17H14O10/c1-2-3-6-12-7(9(18)5-10(25-12)15(20)21)4-8-11(19)14(26-13(6)8)16(22)27-17(23)24/h4-5,11,14,19H,2-3H2,1H3,(H,20,21)(H,23,24). The molecule has 1 aromatic carbocycles. The number of carboxylic acid groups (broad SMARTS) is 2. The van der Waals surface area contributed by atoms with Crippen molar-refractivity contribution in [2.24, 2.45) is 0 Å². The highest BCUT2D eigenvalue weighted by Gasteiger charge is 2.42. The van der Waals surface area contributed by atoms with E-state index in [0.717, 1.165) is 6.07 Å². The second-order valence-corrected chi connectivity index (χ2v) is 5.85. The minimum Gasteiger partial charge on any atom is -0.475 e. The molecule has 2 heterocycles. The van der Waals surface area contributed by atoms with Gasteiger partial charge >= 0.3 is 18.1 Å². The number of aliphatic hydroxyl groups excluding tert-OH is 1. The molecular formula is C17H14O10. The molecule has 10 nitrogen and oxygen atoms in total. The number of aliphatic hydroxyl groups is 1. The number of hydrogen-bond acceptors (Lipinski definition) is 8. The summed E-state index contributed by atoms with van der Waals surface area (Å²) in [5.41, 5.74) is -0.277. The number of esters is 1. The lowest BCUT2D eigenvalue weighted by molar-refractivity contribution is -0.150. The molecule has 0 radical (unpaired) electrons. The zero-order chi connectivity index (χ0) is 19.9. The average Bonchev–Trinajstić information content (AvgIpc) is 2.92. The van der Waals surface area contributed by atoms with E-state index in [2.05, 4.69) is 4.74 Å². The van der Waals surface area contributed by atoms with Gasteiger partial charge < -0.3 is 29.2 Å². The summed E-state index contributed by atoms with van der Waals surface area (Å²) in [7, 11) is 0. The number of hydrogen-bond donors (Lipinski definition) is 3. The molecule has 0 saturated heterocycles. The van der Waals surface area contributed by atoms with Crippen LogP contribution >= 0.6 is 0 Å². The molecule has 2 aromatic rings. The van der Waals surface area contributed by atoms with Crippen LogP contribution in [0.1, 0.15) is 41.1 Å². The highest BCUT2D eigenvalue weighted by molar-refractivity contribution is 5.91. The Morgan fingerprint density at radius 3 is 2.52 bits per heavy atom. The first kappa shape index (κ1) is 18.4. The van der Waals surface area contributed by atoms with E-state index in [4.69, 9.17) is 19.4 Å². The number of carboxylic acids is 1. The molecule has 142 valence electrons. The van der Waals surface area contributed by atoms with Crippen LogP contribution in [0.4, 0.5) is 4.79 Å². The fourth-order valence-corrected chi connectivity index (χ4v) is 2.98. The first-order valence-electron chi connectivity index (χ1n) is 7.90. The third kappa shape index (κ3) is 3.10. The maximum Gasteiger partial charge on any atom is 0.513 e. The van der Waals surface area contributed by atoms with Crippen molar-refractivity contribution < 1.29 is 43.6 Å². The lowest BCUT2D eigenvalue weighted by Crippen LogP contribution is -2.32. The largest absolute Gasteiger partial charge is 0.513 e. The van der Waals surface area contributed by atoms with Gasteiger partial charge in [-0.2, -0.15) is 0 Å². The van der Waals surface area contributed by atoms with Gasteiger partial charge in [0, 0.05) is 17.2 Å². The van der Waals surface area contributed by atoms with Crippen molar-refractivity contribution in [3.63, 3.8) is 0 Å². The number of aryl methyl sites for hydroxylation is 1. The molecule has 0 saturated carbocycles. The zero-order valence-electron chi connectivity index (χ0n) is 13.9. The van der Waals surface area contributed by atoms with Crippen LogP contribution in [0.25, 0.3) is 11.0 Å². The Bertz CT molecular complexity index is 1020. The summed E-state index contributed by atoms with van der Waals surface area (Å²) >= 11 is 0. The normalized spacial score (nSPS) is 18.0. The first-order chi connectivity index (χ1) is 12.7. The van der Waals surface area contributed by atoms with E-state index in [1.54, 1.807) is 0 Å². The Kier molecular flexibility index (Phi) is 4.58. The van der Waals surface area contributed by atoms with E-state index in [9.17, 15) is 24.3 Å². The molecule has 0 aliphatic carbocycles. The molecule has 0 spiro atoms. The van der Waals surface area contributed by atoms with Crippen molar-refractivity contribution in [1.29, 1.82) is 0 Å². The summed E-state index contributed by atoms with van der Waals surface area (Å²) < 4.78 is 14.8. The quantitative estimate of drug-likeness (QED) is 0.524. The summed E-state index contributed by atoms with van der Waals surface area (Å²) in [6, 6.07) is 2.05. The van der Waals surface area contributed by atoms with Crippen molar-refractivity contribution in [3.8, 4) is 5.75 Å². The van der Waals surface area contributed by atoms with Gasteiger partial charge in [0.15, 0.2) is 5.43 Å². The fraction of sp³-hybridized carbons (Fsp3) is 0.294. The van der Waals surface area contributed by atoms with Crippen molar-refractivity contribution in [3.05, 3.63) is 39.2 Å². The molecule has 27 heavy (non-hydrogen) atoms.